The van der Waals surface area contributed by atoms with Gasteiger partial charge in [0.15, 0.2) is 0 Å². The number of halogens is 3. The van der Waals surface area contributed by atoms with Crippen molar-refractivity contribution in [1.29, 1.82) is 0 Å². The summed E-state index contributed by atoms with van der Waals surface area (Å²) in [7, 11) is 0. The van der Waals surface area contributed by atoms with E-state index < -0.39 is 0 Å². The Morgan fingerprint density at radius 2 is 1.63 bits per heavy atom. The van der Waals surface area contributed by atoms with Gasteiger partial charge in [-0.05, 0) is 54.0 Å². The first-order valence-corrected chi connectivity index (χ1v) is 11.1. The summed E-state index contributed by atoms with van der Waals surface area (Å²) < 4.78 is 2.13. The third-order valence-electron chi connectivity index (χ3n) is 4.31. The Bertz CT molecular complexity index is 804. The molecule has 2 atom stereocenters. The first-order chi connectivity index (χ1) is 13.1. The number of alkyl halides is 1. The Hall–Kier alpha value is -1.13. The molecule has 142 valence electrons. The van der Waals surface area contributed by atoms with Gasteiger partial charge in [0.2, 0.25) is 0 Å². The van der Waals surface area contributed by atoms with Crippen molar-refractivity contribution in [3.05, 3.63) is 88.4 Å². The summed E-state index contributed by atoms with van der Waals surface area (Å²) in [6.45, 7) is 0.918. The smallest absolute Gasteiger partial charge is 0.0946 e. The van der Waals surface area contributed by atoms with Gasteiger partial charge in [0, 0.05) is 34.2 Å². The van der Waals surface area contributed by atoms with Gasteiger partial charge < -0.3 is 4.57 Å². The van der Waals surface area contributed by atoms with Crippen LogP contribution in [0.2, 0.25) is 10.0 Å². The zero-order valence-electron chi connectivity index (χ0n) is 14.8. The molecule has 1 heterocycles. The molecule has 0 saturated carbocycles. The predicted octanol–water partition coefficient (Wildman–Crippen LogP) is 6.90. The predicted molar refractivity (Wildman–Crippen MR) is 118 cm³/mol. The summed E-state index contributed by atoms with van der Waals surface area (Å²) in [5.41, 5.74) is 2.41. The van der Waals surface area contributed by atoms with Crippen molar-refractivity contribution in [3.63, 3.8) is 0 Å². The second-order valence-electron chi connectivity index (χ2n) is 6.39. The van der Waals surface area contributed by atoms with Crippen LogP contribution in [0.1, 0.15) is 22.9 Å². The summed E-state index contributed by atoms with van der Waals surface area (Å²) in [6.07, 6.45) is 7.59. The van der Waals surface area contributed by atoms with Gasteiger partial charge in [0.1, 0.15) is 0 Å². The Labute approximate surface area is 179 Å². The van der Waals surface area contributed by atoms with Crippen molar-refractivity contribution < 1.29 is 0 Å². The van der Waals surface area contributed by atoms with E-state index in [2.05, 4.69) is 21.7 Å². The van der Waals surface area contributed by atoms with Gasteiger partial charge in [-0.1, -0.05) is 47.5 Å². The first kappa shape index (κ1) is 20.6. The fourth-order valence-electron chi connectivity index (χ4n) is 2.87. The average Bonchev–Trinajstić information content (AvgIpc) is 3.17. The highest BCUT2D eigenvalue weighted by Crippen LogP contribution is 2.29. The van der Waals surface area contributed by atoms with Crippen LogP contribution < -0.4 is 0 Å². The van der Waals surface area contributed by atoms with E-state index in [0.717, 1.165) is 40.7 Å². The Morgan fingerprint density at radius 3 is 2.26 bits per heavy atom. The number of imidazole rings is 1. The first-order valence-electron chi connectivity index (χ1n) is 8.81. The fourth-order valence-corrected chi connectivity index (χ4v) is 4.79. The van der Waals surface area contributed by atoms with E-state index in [9.17, 15) is 0 Å². The molecule has 2 nitrogen and oxygen atoms in total. The molecule has 0 aliphatic carbocycles. The van der Waals surface area contributed by atoms with Crippen molar-refractivity contribution in [1.82, 2.24) is 9.55 Å². The zero-order chi connectivity index (χ0) is 19.1. The average molecular weight is 440 g/mol. The number of benzene rings is 2. The lowest BCUT2D eigenvalue weighted by Crippen LogP contribution is -2.16. The molecular formula is C21H21Cl3N2S. The molecule has 0 amide bonds. The minimum absolute atomic E-state index is 0.000747. The van der Waals surface area contributed by atoms with E-state index in [1.54, 1.807) is 0 Å². The van der Waals surface area contributed by atoms with E-state index in [-0.39, 0.29) is 5.38 Å². The lowest BCUT2D eigenvalue weighted by atomic mass is 10.1. The van der Waals surface area contributed by atoms with Crippen LogP contribution in [0.25, 0.3) is 0 Å². The molecule has 0 N–H and O–H groups in total. The number of nitrogens with zero attached hydrogens (tertiary/aromatic N) is 2. The van der Waals surface area contributed by atoms with Crippen LogP contribution >= 0.6 is 46.6 Å². The lowest BCUT2D eigenvalue weighted by molar-refractivity contribution is 0.655. The molecule has 0 aliphatic rings. The Balaban J connectivity index is 1.57. The Kier molecular flexibility index (Phi) is 7.95. The molecule has 0 fully saturated rings. The van der Waals surface area contributed by atoms with Crippen molar-refractivity contribution in [2.45, 2.75) is 30.0 Å². The van der Waals surface area contributed by atoms with Gasteiger partial charge in [-0.15, -0.1) is 11.6 Å². The van der Waals surface area contributed by atoms with E-state index >= 15 is 0 Å². The van der Waals surface area contributed by atoms with E-state index in [4.69, 9.17) is 34.8 Å². The monoisotopic (exact) mass is 438 g/mol. The molecule has 3 aromatic rings. The second-order valence-corrected chi connectivity index (χ2v) is 9.20. The van der Waals surface area contributed by atoms with Crippen LogP contribution in [0.3, 0.4) is 0 Å². The van der Waals surface area contributed by atoms with Crippen molar-refractivity contribution in [2.24, 2.45) is 0 Å². The van der Waals surface area contributed by atoms with E-state index in [1.807, 2.05) is 66.9 Å². The van der Waals surface area contributed by atoms with Crippen LogP contribution in [0.4, 0.5) is 0 Å². The van der Waals surface area contributed by atoms with Crippen LogP contribution in [0, 0.1) is 0 Å². The maximum absolute atomic E-state index is 6.58. The molecule has 2 aromatic carbocycles. The van der Waals surface area contributed by atoms with E-state index in [1.165, 1.54) is 5.56 Å². The summed E-state index contributed by atoms with van der Waals surface area (Å²) in [6, 6.07) is 15.9. The number of hydrogen-bond acceptors (Lipinski definition) is 2. The number of thioether (sulfide) groups is 1. The van der Waals surface area contributed by atoms with Gasteiger partial charge in [-0.2, -0.15) is 11.8 Å². The number of hydrogen-bond donors (Lipinski definition) is 0. The number of rotatable bonds is 9. The molecule has 27 heavy (non-hydrogen) atoms. The topological polar surface area (TPSA) is 17.8 Å². The second kappa shape index (κ2) is 10.4. The normalized spacial score (nSPS) is 13.4. The van der Waals surface area contributed by atoms with Gasteiger partial charge in [0.25, 0.3) is 0 Å². The van der Waals surface area contributed by atoms with Crippen LogP contribution in [0.5, 0.6) is 0 Å². The van der Waals surface area contributed by atoms with Crippen LogP contribution in [0.15, 0.2) is 67.3 Å². The maximum Gasteiger partial charge on any atom is 0.0946 e. The molecule has 3 rings (SSSR count). The molecule has 6 heteroatoms. The molecular weight excluding hydrogens is 419 g/mol. The molecule has 2 unspecified atom stereocenters. The molecule has 0 aliphatic heterocycles. The van der Waals surface area contributed by atoms with Crippen LogP contribution in [-0.2, 0) is 13.0 Å². The van der Waals surface area contributed by atoms with Gasteiger partial charge in [-0.25, -0.2) is 4.98 Å². The highest BCUT2D eigenvalue weighted by atomic mass is 35.5. The Morgan fingerprint density at radius 1 is 0.963 bits per heavy atom. The highest BCUT2D eigenvalue weighted by Gasteiger charge is 2.14. The van der Waals surface area contributed by atoms with Crippen molar-refractivity contribution >= 4 is 46.6 Å². The standard InChI is InChI=1S/C21H21Cl3N2S/c22-18-5-1-16(2-6-18)13-20(14-26-11-10-25-15-26)27-12-9-21(24)17-3-7-19(23)8-4-17/h1-8,10-11,15,20-21H,9,12-14H2. The minimum Gasteiger partial charge on any atom is -0.336 e. The molecule has 0 saturated heterocycles. The SMILES string of the molecule is Clc1ccc(CC(Cn2ccnc2)SCCC(Cl)c2ccc(Cl)cc2)cc1. The van der Waals surface area contributed by atoms with Crippen LogP contribution in [-0.4, -0.2) is 20.6 Å². The molecule has 0 radical (unpaired) electrons. The minimum atomic E-state index is -0.000747. The summed E-state index contributed by atoms with van der Waals surface area (Å²) in [4.78, 5) is 4.15. The maximum atomic E-state index is 6.58. The van der Waals surface area contributed by atoms with Gasteiger partial charge >= 0.3 is 0 Å². The highest BCUT2D eigenvalue weighted by molar-refractivity contribution is 7.99. The molecule has 0 bridgehead atoms. The quantitative estimate of drug-likeness (QED) is 0.337. The third-order valence-corrected chi connectivity index (χ3v) is 6.54. The van der Waals surface area contributed by atoms with Gasteiger partial charge in [-0.3, -0.25) is 0 Å². The summed E-state index contributed by atoms with van der Waals surface area (Å²) in [5.74, 6) is 0.990. The zero-order valence-corrected chi connectivity index (χ0v) is 17.9. The van der Waals surface area contributed by atoms with Crippen molar-refractivity contribution in [2.75, 3.05) is 5.75 Å². The summed E-state index contributed by atoms with van der Waals surface area (Å²) in [5, 5.41) is 1.94. The van der Waals surface area contributed by atoms with Crippen molar-refractivity contribution in [3.8, 4) is 0 Å². The lowest BCUT2D eigenvalue weighted by Gasteiger charge is -2.18. The fraction of sp³-hybridized carbons (Fsp3) is 0.286. The van der Waals surface area contributed by atoms with Gasteiger partial charge in [0.05, 0.1) is 11.7 Å². The third kappa shape index (κ3) is 6.76. The largest absolute Gasteiger partial charge is 0.336 e. The number of aromatic nitrogens is 2. The van der Waals surface area contributed by atoms with E-state index in [0.29, 0.717) is 5.25 Å². The molecule has 0 spiro atoms. The molecule has 1 aromatic heterocycles. The summed E-state index contributed by atoms with van der Waals surface area (Å²) >= 11 is 20.5.